The van der Waals surface area contributed by atoms with Crippen molar-refractivity contribution in [3.8, 4) is 0 Å². The number of methoxy groups -OCH3 is 1. The predicted octanol–water partition coefficient (Wildman–Crippen LogP) is 4.48. The van der Waals surface area contributed by atoms with Gasteiger partial charge in [-0.3, -0.25) is 9.69 Å². The average molecular weight is 483 g/mol. The number of pyridine rings is 1. The SMILES string of the molecule is CC.COC.Cc1cc(C2CC2)cnc1N1CCN(C(=O)c2ccc(N3CCOC3=O)cc2)CC1. The number of benzene rings is 1. The molecule has 0 bridgehead atoms. The normalized spacial score (nSPS) is 17.2. The van der Waals surface area contributed by atoms with Crippen LogP contribution in [0.15, 0.2) is 36.5 Å². The van der Waals surface area contributed by atoms with Crippen LogP contribution >= 0.6 is 0 Å². The lowest BCUT2D eigenvalue weighted by molar-refractivity contribution is 0.0746. The number of cyclic esters (lactones) is 1. The van der Waals surface area contributed by atoms with Crippen LogP contribution in [0.3, 0.4) is 0 Å². The number of aryl methyl sites for hydroxylation is 1. The lowest BCUT2D eigenvalue weighted by Crippen LogP contribution is -2.49. The summed E-state index contributed by atoms with van der Waals surface area (Å²) in [7, 11) is 3.25. The number of amides is 2. The second-order valence-electron chi connectivity index (χ2n) is 8.68. The summed E-state index contributed by atoms with van der Waals surface area (Å²) in [5.74, 6) is 1.77. The topological polar surface area (TPSA) is 75.2 Å². The van der Waals surface area contributed by atoms with Gasteiger partial charge in [0.05, 0.1) is 6.54 Å². The van der Waals surface area contributed by atoms with Gasteiger partial charge in [-0.15, -0.1) is 0 Å². The Bertz CT molecular complexity index is 983. The van der Waals surface area contributed by atoms with Gasteiger partial charge in [-0.1, -0.05) is 19.9 Å². The molecule has 0 unspecified atom stereocenters. The maximum atomic E-state index is 12.9. The third-order valence-corrected chi connectivity index (χ3v) is 6.17. The third kappa shape index (κ3) is 6.51. The molecule has 0 spiro atoms. The first-order chi connectivity index (χ1) is 17.0. The van der Waals surface area contributed by atoms with E-state index in [0.717, 1.165) is 24.6 Å². The van der Waals surface area contributed by atoms with E-state index in [0.29, 0.717) is 37.7 Å². The smallest absolute Gasteiger partial charge is 0.414 e. The minimum atomic E-state index is -0.334. The lowest BCUT2D eigenvalue weighted by Gasteiger charge is -2.36. The van der Waals surface area contributed by atoms with Crippen LogP contribution in [0, 0.1) is 6.92 Å². The highest BCUT2D eigenvalue weighted by molar-refractivity contribution is 5.96. The summed E-state index contributed by atoms with van der Waals surface area (Å²) in [5, 5.41) is 0. The molecule has 0 radical (unpaired) electrons. The van der Waals surface area contributed by atoms with Gasteiger partial charge in [-0.2, -0.15) is 0 Å². The first kappa shape index (κ1) is 26.5. The van der Waals surface area contributed by atoms with Gasteiger partial charge in [0, 0.05) is 57.8 Å². The molecule has 1 aromatic heterocycles. The fraction of sp³-hybridized carbons (Fsp3) is 0.519. The zero-order valence-electron chi connectivity index (χ0n) is 21.6. The van der Waals surface area contributed by atoms with E-state index in [1.54, 1.807) is 31.3 Å². The summed E-state index contributed by atoms with van der Waals surface area (Å²) < 4.78 is 9.22. The fourth-order valence-electron chi connectivity index (χ4n) is 4.28. The molecule has 1 aromatic carbocycles. The number of anilines is 2. The fourth-order valence-corrected chi connectivity index (χ4v) is 4.28. The van der Waals surface area contributed by atoms with E-state index in [2.05, 4.69) is 22.6 Å². The number of hydrogen-bond donors (Lipinski definition) is 0. The summed E-state index contributed by atoms with van der Waals surface area (Å²) in [6, 6.07) is 9.47. The van der Waals surface area contributed by atoms with Gasteiger partial charge in [0.1, 0.15) is 12.4 Å². The maximum absolute atomic E-state index is 12.9. The number of nitrogens with zero attached hydrogens (tertiary/aromatic N) is 4. The number of ether oxygens (including phenoxy) is 2. The van der Waals surface area contributed by atoms with Crippen LogP contribution in [0.1, 0.15) is 54.1 Å². The van der Waals surface area contributed by atoms with Crippen LogP contribution < -0.4 is 9.80 Å². The first-order valence-corrected chi connectivity index (χ1v) is 12.5. The molecule has 190 valence electrons. The molecule has 0 N–H and O–H groups in total. The van der Waals surface area contributed by atoms with Crippen LogP contribution in [0.4, 0.5) is 16.3 Å². The molecule has 0 atom stereocenters. The average Bonchev–Trinajstić information content (AvgIpc) is 3.66. The van der Waals surface area contributed by atoms with E-state index in [1.807, 2.05) is 37.1 Å². The second kappa shape index (κ2) is 12.5. The largest absolute Gasteiger partial charge is 0.447 e. The standard InChI is InChI=1S/C23H26N4O3.C2H6O.C2H6/c1-16-14-19(17-2-3-17)15-24-21(16)25-8-10-26(11-9-25)22(28)18-4-6-20(7-5-18)27-12-13-30-23(27)29;1-3-2;1-2/h4-7,14-15,17H,2-3,8-13H2,1H3;1-2H3;1-2H3. The van der Waals surface area contributed by atoms with Crippen molar-refractivity contribution in [2.24, 2.45) is 0 Å². The highest BCUT2D eigenvalue weighted by Crippen LogP contribution is 2.40. The highest BCUT2D eigenvalue weighted by atomic mass is 16.6. The summed E-state index contributed by atoms with van der Waals surface area (Å²) in [6.45, 7) is 9.98. The van der Waals surface area contributed by atoms with Crippen molar-refractivity contribution < 1.29 is 19.1 Å². The van der Waals surface area contributed by atoms with Crippen LogP contribution in [0.5, 0.6) is 0 Å². The molecule has 35 heavy (non-hydrogen) atoms. The van der Waals surface area contributed by atoms with Crippen LogP contribution in [0.25, 0.3) is 0 Å². The van der Waals surface area contributed by atoms with Crippen molar-refractivity contribution in [1.82, 2.24) is 9.88 Å². The molecular formula is C27H38N4O4. The molecule has 1 saturated carbocycles. The molecule has 3 fully saturated rings. The summed E-state index contributed by atoms with van der Waals surface area (Å²) in [6.07, 6.45) is 4.25. The molecule has 1 aliphatic carbocycles. The van der Waals surface area contributed by atoms with Gasteiger partial charge in [0.2, 0.25) is 0 Å². The Hall–Kier alpha value is -3.13. The predicted molar refractivity (Wildman–Crippen MR) is 138 cm³/mol. The van der Waals surface area contributed by atoms with Crippen molar-refractivity contribution in [1.29, 1.82) is 0 Å². The summed E-state index contributed by atoms with van der Waals surface area (Å²) in [4.78, 5) is 35.1. The van der Waals surface area contributed by atoms with Crippen molar-refractivity contribution in [3.63, 3.8) is 0 Å². The quantitative estimate of drug-likeness (QED) is 0.640. The van der Waals surface area contributed by atoms with E-state index >= 15 is 0 Å². The Morgan fingerprint density at radius 3 is 2.17 bits per heavy atom. The van der Waals surface area contributed by atoms with E-state index in [4.69, 9.17) is 9.72 Å². The first-order valence-electron chi connectivity index (χ1n) is 12.5. The Morgan fingerprint density at radius 1 is 1.03 bits per heavy atom. The minimum Gasteiger partial charge on any atom is -0.447 e. The number of carbonyl (C=O) groups is 2. The zero-order valence-corrected chi connectivity index (χ0v) is 21.6. The Balaban J connectivity index is 0.000000638. The molecule has 2 amide bonds. The number of aromatic nitrogens is 1. The summed E-state index contributed by atoms with van der Waals surface area (Å²) in [5.41, 5.74) is 3.98. The van der Waals surface area contributed by atoms with Gasteiger partial charge in [0.25, 0.3) is 5.91 Å². The van der Waals surface area contributed by atoms with Gasteiger partial charge in [-0.05, 0) is 61.1 Å². The van der Waals surface area contributed by atoms with Crippen molar-refractivity contribution in [3.05, 3.63) is 53.2 Å². The number of piperazine rings is 1. The van der Waals surface area contributed by atoms with E-state index in [1.165, 1.54) is 24.0 Å². The van der Waals surface area contributed by atoms with Crippen LogP contribution in [0.2, 0.25) is 0 Å². The number of rotatable bonds is 4. The van der Waals surface area contributed by atoms with Crippen molar-refractivity contribution in [2.45, 2.75) is 39.5 Å². The lowest BCUT2D eigenvalue weighted by atomic mass is 10.1. The molecule has 8 nitrogen and oxygen atoms in total. The number of carbonyl (C=O) groups excluding carboxylic acids is 2. The van der Waals surface area contributed by atoms with Gasteiger partial charge in [-0.25, -0.2) is 9.78 Å². The van der Waals surface area contributed by atoms with E-state index in [-0.39, 0.29) is 12.0 Å². The molecule has 2 aromatic rings. The molecular weight excluding hydrogens is 444 g/mol. The van der Waals surface area contributed by atoms with Crippen LogP contribution in [-0.2, 0) is 9.47 Å². The molecule has 5 rings (SSSR count). The molecule has 2 saturated heterocycles. The van der Waals surface area contributed by atoms with Gasteiger partial charge >= 0.3 is 6.09 Å². The van der Waals surface area contributed by atoms with Crippen molar-refractivity contribution >= 4 is 23.5 Å². The Morgan fingerprint density at radius 2 is 1.66 bits per heavy atom. The summed E-state index contributed by atoms with van der Waals surface area (Å²) >= 11 is 0. The van der Waals surface area contributed by atoms with Crippen molar-refractivity contribution in [2.75, 3.05) is 63.4 Å². The minimum absolute atomic E-state index is 0.0268. The van der Waals surface area contributed by atoms with Crippen LogP contribution in [-0.4, -0.2) is 75.4 Å². The third-order valence-electron chi connectivity index (χ3n) is 6.17. The Kier molecular flexibility index (Phi) is 9.48. The Labute approximate surface area is 208 Å². The maximum Gasteiger partial charge on any atom is 0.414 e. The second-order valence-corrected chi connectivity index (χ2v) is 8.68. The van der Waals surface area contributed by atoms with Gasteiger partial charge < -0.3 is 19.3 Å². The van der Waals surface area contributed by atoms with Gasteiger partial charge in [0.15, 0.2) is 0 Å². The highest BCUT2D eigenvalue weighted by Gasteiger charge is 2.27. The number of hydrogen-bond acceptors (Lipinski definition) is 6. The molecule has 3 heterocycles. The molecule has 8 heteroatoms. The van der Waals surface area contributed by atoms with E-state index < -0.39 is 0 Å². The molecule has 3 aliphatic rings. The zero-order chi connectivity index (χ0) is 25.4. The monoisotopic (exact) mass is 482 g/mol. The van der Waals surface area contributed by atoms with E-state index in [9.17, 15) is 9.59 Å². The molecule has 2 aliphatic heterocycles.